The molecule has 4 aromatic rings. The van der Waals surface area contributed by atoms with E-state index in [0.717, 1.165) is 39.0 Å². The zero-order valence-corrected chi connectivity index (χ0v) is 42.2. The number of likely N-dealkylation sites (N-methyl/N-ethyl adjacent to an activating group) is 2. The van der Waals surface area contributed by atoms with Crippen molar-refractivity contribution < 1.29 is 34.8 Å². The number of anilines is 4. The van der Waals surface area contributed by atoms with E-state index < -0.39 is 48.6 Å². The highest BCUT2D eigenvalue weighted by molar-refractivity contribution is 5.86. The zero-order chi connectivity index (χ0) is 50.7. The van der Waals surface area contributed by atoms with E-state index in [2.05, 4.69) is 69.1 Å². The standard InChI is InChI=1S/C47H72N18O7/c1-7-33(66)52-29-17-31(39(70)37(29)68)64-23-48-35-41(54-45(56-43(35)64)60-15-11-27(21-60)58(3)4)50-25-9-13-62(19-25)47(72)63-14-10-26(20-63)51-42-36-44(57-46(55-42)61-16-12-28(22-61)59(5)6)65(24-49-36)32-18-30(38(69)40(32)71)53-34(67)8-2/h23-32,37-40,68-71H,7-22H2,1-6H3,(H,52,66)(H,53,67)(H,50,54,56)(H,51,55,57)/t25-,26-,27-,28-,29+,30+,31-,32-,37-,38-,39+,40+/m1/s1. The molecule has 0 bridgehead atoms. The monoisotopic (exact) mass is 1000 g/mol. The predicted molar refractivity (Wildman–Crippen MR) is 268 cm³/mol. The maximum absolute atomic E-state index is 14.3. The number of amides is 4. The molecule has 8 N–H and O–H groups in total. The Morgan fingerprint density at radius 3 is 1.38 bits per heavy atom. The highest BCUT2D eigenvalue weighted by Gasteiger charge is 2.46. The fourth-order valence-corrected chi connectivity index (χ4v) is 11.6. The van der Waals surface area contributed by atoms with Gasteiger partial charge in [-0.25, -0.2) is 14.8 Å². The van der Waals surface area contributed by atoms with E-state index in [4.69, 9.17) is 29.9 Å². The number of hydrogen-bond donors (Lipinski definition) is 8. The minimum absolute atomic E-state index is 0.0604. The number of aromatic nitrogens is 8. The largest absolute Gasteiger partial charge is 0.388 e. The topological polar surface area (TPSA) is 287 Å². The summed E-state index contributed by atoms with van der Waals surface area (Å²) >= 11 is 0. The van der Waals surface area contributed by atoms with Crippen LogP contribution in [0.25, 0.3) is 22.3 Å². The zero-order valence-electron chi connectivity index (χ0n) is 42.2. The molecule has 0 spiro atoms. The first-order valence-corrected chi connectivity index (χ1v) is 25.8. The average Bonchev–Trinajstić information content (AvgIpc) is 4.23. The van der Waals surface area contributed by atoms with Crippen molar-refractivity contribution in [3.8, 4) is 0 Å². The summed E-state index contributed by atoms with van der Waals surface area (Å²) in [6.07, 6.45) is 2.96. The Balaban J connectivity index is 0.844. The Hall–Kier alpha value is -5.73. The number of rotatable bonds is 14. The molecule has 6 fully saturated rings. The van der Waals surface area contributed by atoms with Gasteiger partial charge < -0.3 is 80.2 Å². The Kier molecular flexibility index (Phi) is 14.0. The summed E-state index contributed by atoms with van der Waals surface area (Å²) in [5.74, 6) is 1.71. The van der Waals surface area contributed by atoms with E-state index in [1.54, 1.807) is 35.6 Å². The molecular weight excluding hydrogens is 929 g/mol. The van der Waals surface area contributed by atoms with Gasteiger partial charge in [-0.2, -0.15) is 19.9 Å². The van der Waals surface area contributed by atoms with Gasteiger partial charge >= 0.3 is 6.03 Å². The molecule has 6 aliphatic rings. The van der Waals surface area contributed by atoms with Gasteiger partial charge in [0.25, 0.3) is 0 Å². The highest BCUT2D eigenvalue weighted by Crippen LogP contribution is 2.38. The molecule has 2 saturated carbocycles. The summed E-state index contributed by atoms with van der Waals surface area (Å²) in [6.45, 7) is 8.43. The van der Waals surface area contributed by atoms with Gasteiger partial charge in [0.2, 0.25) is 23.7 Å². The molecule has 0 unspecified atom stereocenters. The first-order chi connectivity index (χ1) is 34.6. The number of aliphatic hydroxyl groups excluding tert-OH is 4. The summed E-state index contributed by atoms with van der Waals surface area (Å²) in [4.78, 5) is 81.0. The summed E-state index contributed by atoms with van der Waals surface area (Å²) < 4.78 is 3.59. The van der Waals surface area contributed by atoms with E-state index in [1.807, 2.05) is 9.80 Å². The Labute approximate surface area is 418 Å². The van der Waals surface area contributed by atoms with Crippen LogP contribution >= 0.6 is 0 Å². The van der Waals surface area contributed by atoms with Crippen LogP contribution in [0.2, 0.25) is 0 Å². The molecule has 12 atom stereocenters. The van der Waals surface area contributed by atoms with Crippen LogP contribution in [-0.4, -0.2) is 238 Å². The summed E-state index contributed by atoms with van der Waals surface area (Å²) in [5, 5.41) is 57.5. The molecule has 25 heteroatoms. The first kappa shape index (κ1) is 49.8. The van der Waals surface area contributed by atoms with Gasteiger partial charge in [-0.1, -0.05) is 13.8 Å². The van der Waals surface area contributed by atoms with Crippen LogP contribution in [-0.2, 0) is 9.59 Å². The number of aliphatic hydroxyl groups is 4. The van der Waals surface area contributed by atoms with Crippen molar-refractivity contribution in [1.29, 1.82) is 0 Å². The molecule has 4 amide bonds. The van der Waals surface area contributed by atoms with Crippen molar-refractivity contribution in [1.82, 2.24) is 69.3 Å². The number of imidazole rings is 2. The molecule has 2 aliphatic carbocycles. The lowest BCUT2D eigenvalue weighted by Crippen LogP contribution is -2.42. The number of hydrogen-bond acceptors (Lipinski definition) is 19. The van der Waals surface area contributed by atoms with E-state index in [-0.39, 0.29) is 42.8 Å². The molecule has 4 aromatic heterocycles. The summed E-state index contributed by atoms with van der Waals surface area (Å²) in [7, 11) is 8.26. The van der Waals surface area contributed by atoms with Gasteiger partial charge in [0.1, 0.15) is 24.4 Å². The Morgan fingerprint density at radius 1 is 0.583 bits per heavy atom. The van der Waals surface area contributed by atoms with Crippen LogP contribution < -0.4 is 31.1 Å². The Morgan fingerprint density at radius 2 is 1.00 bits per heavy atom. The van der Waals surface area contributed by atoms with Crippen molar-refractivity contribution in [2.75, 3.05) is 101 Å². The van der Waals surface area contributed by atoms with Crippen molar-refractivity contribution in [3.05, 3.63) is 12.7 Å². The fourth-order valence-electron chi connectivity index (χ4n) is 11.6. The second-order valence-corrected chi connectivity index (χ2v) is 21.2. The lowest BCUT2D eigenvalue weighted by molar-refractivity contribution is -0.123. The van der Waals surface area contributed by atoms with Crippen molar-refractivity contribution in [2.45, 2.75) is 138 Å². The van der Waals surface area contributed by atoms with Gasteiger partial charge in [-0.3, -0.25) is 9.59 Å². The molecule has 0 aromatic carbocycles. The van der Waals surface area contributed by atoms with Gasteiger partial charge in [0, 0.05) is 89.4 Å². The van der Waals surface area contributed by atoms with E-state index in [0.29, 0.717) is 110 Å². The van der Waals surface area contributed by atoms with Gasteiger partial charge in [0.15, 0.2) is 34.0 Å². The molecule has 4 aliphatic heterocycles. The van der Waals surface area contributed by atoms with Crippen molar-refractivity contribution in [2.24, 2.45) is 0 Å². The van der Waals surface area contributed by atoms with Crippen molar-refractivity contribution in [3.63, 3.8) is 0 Å². The molecule has 0 radical (unpaired) electrons. The number of nitrogens with zero attached hydrogens (tertiary/aromatic N) is 14. The summed E-state index contributed by atoms with van der Waals surface area (Å²) in [5.41, 5.74) is 2.04. The fraction of sp³-hybridized carbons (Fsp3) is 0.723. The summed E-state index contributed by atoms with van der Waals surface area (Å²) in [6, 6.07) is -2.13. The lowest BCUT2D eigenvalue weighted by Gasteiger charge is -2.25. The van der Waals surface area contributed by atoms with E-state index >= 15 is 0 Å². The maximum Gasteiger partial charge on any atom is 0.320 e. The number of fused-ring (bicyclic) bond motifs is 2. The first-order valence-electron chi connectivity index (χ1n) is 25.8. The van der Waals surface area contributed by atoms with Crippen LogP contribution in [0.3, 0.4) is 0 Å². The number of carbonyl (C=O) groups excluding carboxylic acids is 3. The third-order valence-electron chi connectivity index (χ3n) is 16.1. The number of carbonyl (C=O) groups is 3. The minimum atomic E-state index is -1.16. The van der Waals surface area contributed by atoms with Crippen LogP contribution in [0.15, 0.2) is 12.7 Å². The number of urea groups is 1. The van der Waals surface area contributed by atoms with Crippen LogP contribution in [0, 0.1) is 0 Å². The molecule has 392 valence electrons. The molecule has 25 nitrogen and oxygen atoms in total. The van der Waals surface area contributed by atoms with Crippen LogP contribution in [0.1, 0.15) is 77.3 Å². The SMILES string of the molecule is CCC(=O)N[C@H]1C[C@@H](n2cnc3c(N[C@@H]4CCN(C(=O)N5CC[C@@H](Nc6nc(N7CC[C@@H](N(C)C)C7)nc7c6ncn7[C@@H]6C[C@H](NC(=O)CC)[C@@H](O)[C@H]6O)C5)C4)nc(N4CC[C@@H](N(C)C)C4)nc32)[C@H](O)[C@@H]1O. The Bertz CT molecular complexity index is 2460. The molecule has 4 saturated heterocycles. The van der Waals surface area contributed by atoms with Crippen LogP contribution in [0.4, 0.5) is 28.3 Å². The number of likely N-dealkylation sites (tertiary alicyclic amines) is 2. The third-order valence-corrected chi connectivity index (χ3v) is 16.1. The molecule has 8 heterocycles. The second kappa shape index (κ2) is 20.3. The van der Waals surface area contributed by atoms with Gasteiger partial charge in [-0.05, 0) is 66.7 Å². The smallest absolute Gasteiger partial charge is 0.320 e. The molecule has 72 heavy (non-hydrogen) atoms. The highest BCUT2D eigenvalue weighted by atomic mass is 16.3. The molecular formula is C47H72N18O7. The van der Waals surface area contributed by atoms with Gasteiger partial charge in [0.05, 0.1) is 36.8 Å². The quantitative estimate of drug-likeness (QED) is 0.0765. The minimum Gasteiger partial charge on any atom is -0.388 e. The second-order valence-electron chi connectivity index (χ2n) is 21.2. The van der Waals surface area contributed by atoms with E-state index in [1.165, 1.54) is 0 Å². The van der Waals surface area contributed by atoms with Crippen molar-refractivity contribution >= 4 is 63.7 Å². The molecule has 10 rings (SSSR count). The van der Waals surface area contributed by atoms with E-state index in [9.17, 15) is 34.8 Å². The third kappa shape index (κ3) is 9.53. The van der Waals surface area contributed by atoms with Gasteiger partial charge in [-0.15, -0.1) is 0 Å². The predicted octanol–water partition coefficient (Wildman–Crippen LogP) is -0.838. The normalized spacial score (nSPS) is 30.8. The maximum atomic E-state index is 14.3. The lowest BCUT2D eigenvalue weighted by atomic mass is 10.2. The van der Waals surface area contributed by atoms with Crippen LogP contribution in [0.5, 0.6) is 0 Å². The number of nitrogens with one attached hydrogen (secondary N) is 4. The average molecular weight is 1000 g/mol.